The van der Waals surface area contributed by atoms with E-state index in [1.54, 1.807) is 0 Å². The molecule has 1 aromatic carbocycles. The molecule has 0 bridgehead atoms. The third-order valence-electron chi connectivity index (χ3n) is 4.23. The molecule has 0 aliphatic rings. The molecule has 0 amide bonds. The van der Waals surface area contributed by atoms with Crippen molar-refractivity contribution in [1.82, 2.24) is 14.5 Å². The maximum Gasteiger partial charge on any atom is 0.361 e. The fraction of sp³-hybridized carbons (Fsp3) is 0.294. The number of anilines is 2. The Kier molecular flexibility index (Phi) is 4.69. The maximum atomic E-state index is 12.4. The molecule has 0 unspecified atom stereocenters. The van der Waals surface area contributed by atoms with Gasteiger partial charge < -0.3 is 16.2 Å². The summed E-state index contributed by atoms with van der Waals surface area (Å²) in [5.41, 5.74) is 14.4. The third kappa shape index (κ3) is 3.03. The van der Waals surface area contributed by atoms with Crippen molar-refractivity contribution >= 4 is 40.2 Å². The number of nitrogens with zero attached hydrogens (tertiary/aromatic N) is 4. The Labute approximate surface area is 155 Å². The van der Waals surface area contributed by atoms with Crippen LogP contribution in [0, 0.1) is 6.92 Å². The lowest BCUT2D eigenvalue weighted by Crippen LogP contribution is -2.34. The highest BCUT2D eigenvalue weighted by Gasteiger charge is 2.25. The van der Waals surface area contributed by atoms with Crippen LogP contribution >= 0.6 is 11.6 Å². The standard InChI is InChI=1S/C17H19ClN6O2/c1-4-24-11-7-9(2)5-6-10(11)23(3)12(24)8-26-17(25)13-15(19)22-16(20)14(18)21-13/h5-7H,4,8H2,1-3H3,(H3-,19,20,22,25)/p+1. The van der Waals surface area contributed by atoms with Crippen molar-refractivity contribution in [2.45, 2.75) is 27.0 Å². The van der Waals surface area contributed by atoms with Gasteiger partial charge in [0.05, 0.1) is 13.6 Å². The van der Waals surface area contributed by atoms with Gasteiger partial charge in [0, 0.05) is 0 Å². The molecule has 9 heteroatoms. The first-order chi connectivity index (χ1) is 12.3. The number of hydrogen-bond acceptors (Lipinski definition) is 6. The number of nitrogens with two attached hydrogens (primary N) is 2. The molecule has 2 aromatic heterocycles. The number of aromatic nitrogens is 4. The van der Waals surface area contributed by atoms with Gasteiger partial charge in [-0.2, -0.15) is 0 Å². The van der Waals surface area contributed by atoms with Gasteiger partial charge in [-0.3, -0.25) is 0 Å². The molecule has 8 nitrogen and oxygen atoms in total. The van der Waals surface area contributed by atoms with Gasteiger partial charge in [-0.15, -0.1) is 0 Å². The van der Waals surface area contributed by atoms with Crippen LogP contribution in [0.2, 0.25) is 5.15 Å². The average Bonchev–Trinajstić information content (AvgIpc) is 2.86. The molecule has 2 heterocycles. The summed E-state index contributed by atoms with van der Waals surface area (Å²) >= 11 is 5.82. The van der Waals surface area contributed by atoms with Crippen LogP contribution in [0.4, 0.5) is 11.6 Å². The monoisotopic (exact) mass is 375 g/mol. The smallest absolute Gasteiger partial charge is 0.361 e. The predicted octanol–water partition coefficient (Wildman–Crippen LogP) is 1.76. The molecule has 0 saturated heterocycles. The van der Waals surface area contributed by atoms with E-state index in [0.717, 1.165) is 29.0 Å². The van der Waals surface area contributed by atoms with Gasteiger partial charge in [0.1, 0.15) is 0 Å². The minimum atomic E-state index is -0.707. The third-order valence-corrected chi connectivity index (χ3v) is 4.51. The number of hydrogen-bond donors (Lipinski definition) is 2. The van der Waals surface area contributed by atoms with E-state index in [9.17, 15) is 4.79 Å². The minimum absolute atomic E-state index is 0.0337. The van der Waals surface area contributed by atoms with Gasteiger partial charge in [-0.25, -0.2) is 23.9 Å². The van der Waals surface area contributed by atoms with Crippen molar-refractivity contribution in [3.63, 3.8) is 0 Å². The zero-order valence-electron chi connectivity index (χ0n) is 14.8. The highest BCUT2D eigenvalue weighted by atomic mass is 35.5. The SMILES string of the molecule is CCn1c(COC(=O)c2nc(Cl)c(N)nc2N)[n+](C)c2ccc(C)cc21. The van der Waals surface area contributed by atoms with E-state index in [-0.39, 0.29) is 29.1 Å². The van der Waals surface area contributed by atoms with Gasteiger partial charge in [0.2, 0.25) is 0 Å². The number of fused-ring (bicyclic) bond motifs is 1. The number of halogens is 1. The van der Waals surface area contributed by atoms with E-state index in [4.69, 9.17) is 27.8 Å². The zero-order valence-corrected chi connectivity index (χ0v) is 15.5. The number of aryl methyl sites for hydroxylation is 3. The Bertz CT molecular complexity index is 1010. The Morgan fingerprint density at radius 2 is 2.04 bits per heavy atom. The summed E-state index contributed by atoms with van der Waals surface area (Å²) in [7, 11) is 1.93. The lowest BCUT2D eigenvalue weighted by molar-refractivity contribution is -0.656. The highest BCUT2D eigenvalue weighted by molar-refractivity contribution is 6.31. The fourth-order valence-electron chi connectivity index (χ4n) is 2.91. The van der Waals surface area contributed by atoms with Crippen molar-refractivity contribution in [3.05, 3.63) is 40.4 Å². The second kappa shape index (κ2) is 6.80. The molecule has 0 atom stereocenters. The van der Waals surface area contributed by atoms with Gasteiger partial charge >= 0.3 is 5.97 Å². The first-order valence-electron chi connectivity index (χ1n) is 8.06. The zero-order chi connectivity index (χ0) is 19.0. The van der Waals surface area contributed by atoms with Crippen molar-refractivity contribution in [2.75, 3.05) is 11.5 Å². The molecule has 4 N–H and O–H groups in total. The summed E-state index contributed by atoms with van der Waals surface area (Å²) in [6.45, 7) is 4.87. The van der Waals surface area contributed by atoms with E-state index in [0.29, 0.717) is 0 Å². The first kappa shape index (κ1) is 17.9. The Morgan fingerprint density at radius 3 is 2.73 bits per heavy atom. The number of imidazole rings is 1. The van der Waals surface area contributed by atoms with Gasteiger partial charge in [-0.1, -0.05) is 17.7 Å². The fourth-order valence-corrected chi connectivity index (χ4v) is 3.04. The quantitative estimate of drug-likeness (QED) is 0.530. The summed E-state index contributed by atoms with van der Waals surface area (Å²) in [6.07, 6.45) is 0. The van der Waals surface area contributed by atoms with Crippen LogP contribution in [0.5, 0.6) is 0 Å². The molecular formula is C17H20ClN6O2+. The predicted molar refractivity (Wildman–Crippen MR) is 98.5 cm³/mol. The number of esters is 1. The lowest BCUT2D eigenvalue weighted by atomic mass is 10.2. The molecule has 0 saturated carbocycles. The maximum absolute atomic E-state index is 12.4. The van der Waals surface area contributed by atoms with Gasteiger partial charge in [0.25, 0.3) is 5.82 Å². The van der Waals surface area contributed by atoms with Gasteiger partial charge in [0.15, 0.2) is 40.1 Å². The number of ether oxygens (including phenoxy) is 1. The normalized spacial score (nSPS) is 11.1. The van der Waals surface area contributed by atoms with Crippen LogP contribution < -0.4 is 16.0 Å². The van der Waals surface area contributed by atoms with Crippen molar-refractivity contribution < 1.29 is 14.1 Å². The van der Waals surface area contributed by atoms with Crippen LogP contribution in [0.1, 0.15) is 28.8 Å². The van der Waals surface area contributed by atoms with Crippen LogP contribution in [0.3, 0.4) is 0 Å². The number of carbonyl (C=O) groups is 1. The molecule has 26 heavy (non-hydrogen) atoms. The summed E-state index contributed by atoms with van der Waals surface area (Å²) in [5, 5.41) is -0.0881. The van der Waals surface area contributed by atoms with Crippen LogP contribution in [0.25, 0.3) is 11.0 Å². The molecule has 0 aliphatic heterocycles. The number of carbonyl (C=O) groups excluding carboxylic acids is 1. The van der Waals surface area contributed by atoms with Crippen LogP contribution in [0.15, 0.2) is 18.2 Å². The largest absolute Gasteiger partial charge is 0.448 e. The molecule has 3 rings (SSSR count). The number of benzene rings is 1. The van der Waals surface area contributed by atoms with Crippen LogP contribution in [-0.2, 0) is 24.9 Å². The second-order valence-corrected chi connectivity index (χ2v) is 6.28. The molecule has 0 fully saturated rings. The molecule has 0 spiro atoms. The minimum Gasteiger partial charge on any atom is -0.448 e. The highest BCUT2D eigenvalue weighted by Crippen LogP contribution is 2.20. The summed E-state index contributed by atoms with van der Waals surface area (Å²) < 4.78 is 9.50. The molecule has 0 aliphatic carbocycles. The Hall–Kier alpha value is -2.87. The van der Waals surface area contributed by atoms with Gasteiger partial charge in [-0.05, 0) is 31.5 Å². The average molecular weight is 376 g/mol. The first-order valence-corrected chi connectivity index (χ1v) is 8.44. The summed E-state index contributed by atoms with van der Waals surface area (Å²) in [4.78, 5) is 20.0. The van der Waals surface area contributed by atoms with Crippen LogP contribution in [-0.4, -0.2) is 20.5 Å². The number of rotatable bonds is 4. The van der Waals surface area contributed by atoms with Crippen molar-refractivity contribution in [2.24, 2.45) is 7.05 Å². The second-order valence-electron chi connectivity index (χ2n) is 5.92. The Morgan fingerprint density at radius 1 is 1.31 bits per heavy atom. The van der Waals surface area contributed by atoms with E-state index < -0.39 is 5.97 Å². The van der Waals surface area contributed by atoms with E-state index in [2.05, 4.69) is 20.6 Å². The van der Waals surface area contributed by atoms with Crippen molar-refractivity contribution in [3.8, 4) is 0 Å². The van der Waals surface area contributed by atoms with Crippen molar-refractivity contribution in [1.29, 1.82) is 0 Å². The van der Waals surface area contributed by atoms with E-state index in [1.165, 1.54) is 0 Å². The lowest BCUT2D eigenvalue weighted by Gasteiger charge is -2.06. The number of nitrogen functional groups attached to an aromatic ring is 2. The molecule has 3 aromatic rings. The summed E-state index contributed by atoms with van der Waals surface area (Å²) in [6, 6.07) is 6.20. The Balaban J connectivity index is 1.91. The molecule has 0 radical (unpaired) electrons. The van der Waals surface area contributed by atoms with E-state index in [1.807, 2.05) is 37.6 Å². The topological polar surface area (TPSA) is 113 Å². The molecular weight excluding hydrogens is 356 g/mol. The van der Waals surface area contributed by atoms with E-state index >= 15 is 0 Å². The molecule has 136 valence electrons. The summed E-state index contributed by atoms with van der Waals surface area (Å²) in [5.74, 6) is -0.0166.